The fraction of sp³-hybridized carbons (Fsp3) is 0.176. The van der Waals surface area contributed by atoms with Crippen LogP contribution in [0.2, 0.25) is 0 Å². The van der Waals surface area contributed by atoms with Crippen LogP contribution < -0.4 is 10.1 Å². The van der Waals surface area contributed by atoms with Crippen LogP contribution in [0.1, 0.15) is 12.8 Å². The Labute approximate surface area is 136 Å². The van der Waals surface area contributed by atoms with E-state index in [1.54, 1.807) is 12.1 Å². The molecule has 1 heterocycles. The molecule has 0 atom stereocenters. The second kappa shape index (κ2) is 7.19. The van der Waals surface area contributed by atoms with Crippen LogP contribution in [0.3, 0.4) is 0 Å². The maximum absolute atomic E-state index is 13.0. The summed E-state index contributed by atoms with van der Waals surface area (Å²) in [5.74, 6) is 0.0274. The number of nitrogens with zero attached hydrogens (tertiary/aromatic N) is 1. The largest absolute Gasteiger partial charge is 0.493 e. The van der Waals surface area contributed by atoms with Gasteiger partial charge in [0.05, 0.1) is 16.8 Å². The van der Waals surface area contributed by atoms with Crippen molar-refractivity contribution in [2.75, 3.05) is 11.9 Å². The van der Waals surface area contributed by atoms with Crippen LogP contribution in [0, 0.1) is 5.82 Å². The van der Waals surface area contributed by atoms with E-state index in [9.17, 15) is 9.18 Å². The van der Waals surface area contributed by atoms with Gasteiger partial charge in [-0.05, 0) is 30.7 Å². The number of carbonyl (C=O) groups excluding carboxylic acids is 1. The van der Waals surface area contributed by atoms with Crippen molar-refractivity contribution in [3.05, 3.63) is 54.3 Å². The summed E-state index contributed by atoms with van der Waals surface area (Å²) < 4.78 is 19.4. The molecular weight excluding hydrogens is 315 g/mol. The third-order valence-corrected chi connectivity index (χ3v) is 4.11. The Morgan fingerprint density at radius 2 is 2.09 bits per heavy atom. The topological polar surface area (TPSA) is 51.2 Å². The lowest BCUT2D eigenvalue weighted by atomic mass is 10.3. The molecule has 118 valence electrons. The molecule has 0 fully saturated rings. The summed E-state index contributed by atoms with van der Waals surface area (Å²) in [6.07, 6.45) is 0.873. The fourth-order valence-corrected chi connectivity index (χ4v) is 2.97. The number of anilines is 1. The molecule has 0 aliphatic carbocycles. The summed E-state index contributed by atoms with van der Waals surface area (Å²) in [5.41, 5.74) is 0.877. The van der Waals surface area contributed by atoms with E-state index < -0.39 is 0 Å². The minimum Gasteiger partial charge on any atom is -0.493 e. The first-order valence-corrected chi connectivity index (χ1v) is 8.06. The Morgan fingerprint density at radius 3 is 2.91 bits per heavy atom. The van der Waals surface area contributed by atoms with Crippen molar-refractivity contribution in [2.45, 2.75) is 12.8 Å². The molecule has 0 bridgehead atoms. The highest BCUT2D eigenvalue weighted by atomic mass is 32.1. The number of benzene rings is 2. The van der Waals surface area contributed by atoms with E-state index in [0.717, 1.165) is 10.2 Å². The van der Waals surface area contributed by atoms with Gasteiger partial charge in [-0.3, -0.25) is 4.79 Å². The normalized spacial score (nSPS) is 10.7. The summed E-state index contributed by atoms with van der Waals surface area (Å²) >= 11 is 1.45. The van der Waals surface area contributed by atoms with E-state index in [0.29, 0.717) is 30.3 Å². The SMILES string of the molecule is O=C(CCCOc1cccc(F)c1)Nc1nc2ccccc2s1. The molecule has 6 heteroatoms. The van der Waals surface area contributed by atoms with Crippen molar-refractivity contribution < 1.29 is 13.9 Å². The molecular formula is C17H15FN2O2S. The van der Waals surface area contributed by atoms with Crippen LogP contribution in [-0.2, 0) is 4.79 Å². The zero-order valence-corrected chi connectivity index (χ0v) is 13.1. The number of halogens is 1. The van der Waals surface area contributed by atoms with E-state index >= 15 is 0 Å². The van der Waals surface area contributed by atoms with Crippen molar-refractivity contribution in [3.8, 4) is 5.75 Å². The Kier molecular flexibility index (Phi) is 4.83. The summed E-state index contributed by atoms with van der Waals surface area (Å²) in [4.78, 5) is 16.2. The number of rotatable bonds is 6. The number of amides is 1. The van der Waals surface area contributed by atoms with E-state index in [2.05, 4.69) is 10.3 Å². The van der Waals surface area contributed by atoms with Gasteiger partial charge in [-0.1, -0.05) is 29.5 Å². The monoisotopic (exact) mass is 330 g/mol. The number of carbonyl (C=O) groups is 1. The highest BCUT2D eigenvalue weighted by Crippen LogP contribution is 2.25. The van der Waals surface area contributed by atoms with Crippen LogP contribution in [0.4, 0.5) is 9.52 Å². The Bertz CT molecular complexity index is 786. The molecule has 0 saturated heterocycles. The number of ether oxygens (including phenoxy) is 1. The molecule has 0 saturated carbocycles. The quantitative estimate of drug-likeness (QED) is 0.688. The van der Waals surface area contributed by atoms with Gasteiger partial charge in [-0.2, -0.15) is 0 Å². The standard InChI is InChI=1S/C17H15FN2O2S/c18-12-5-3-6-13(11-12)22-10-4-9-16(21)20-17-19-14-7-1-2-8-15(14)23-17/h1-3,5-8,11H,4,9-10H2,(H,19,20,21). The van der Waals surface area contributed by atoms with Gasteiger partial charge < -0.3 is 10.1 Å². The third-order valence-electron chi connectivity index (χ3n) is 3.15. The molecule has 3 rings (SSSR count). The number of thiazole rings is 1. The second-order valence-corrected chi connectivity index (χ2v) is 5.97. The number of nitrogens with one attached hydrogen (secondary N) is 1. The zero-order valence-electron chi connectivity index (χ0n) is 12.3. The lowest BCUT2D eigenvalue weighted by Crippen LogP contribution is -2.12. The van der Waals surface area contributed by atoms with E-state index in [-0.39, 0.29) is 11.7 Å². The Morgan fingerprint density at radius 1 is 1.22 bits per heavy atom. The zero-order chi connectivity index (χ0) is 16.1. The van der Waals surface area contributed by atoms with E-state index in [4.69, 9.17) is 4.74 Å². The van der Waals surface area contributed by atoms with Crippen LogP contribution in [0.15, 0.2) is 48.5 Å². The van der Waals surface area contributed by atoms with Crippen molar-refractivity contribution in [2.24, 2.45) is 0 Å². The lowest BCUT2D eigenvalue weighted by molar-refractivity contribution is -0.116. The number of fused-ring (bicyclic) bond motifs is 1. The molecule has 1 N–H and O–H groups in total. The number of para-hydroxylation sites is 1. The Hall–Kier alpha value is -2.47. The van der Waals surface area contributed by atoms with E-state index in [1.807, 2.05) is 24.3 Å². The van der Waals surface area contributed by atoms with E-state index in [1.165, 1.54) is 23.5 Å². The van der Waals surface area contributed by atoms with Crippen LogP contribution >= 0.6 is 11.3 Å². The number of aromatic nitrogens is 1. The summed E-state index contributed by atoms with van der Waals surface area (Å²) in [6, 6.07) is 13.7. The first kappa shape index (κ1) is 15.4. The molecule has 4 nitrogen and oxygen atoms in total. The van der Waals surface area contributed by atoms with Crippen molar-refractivity contribution in [1.82, 2.24) is 4.98 Å². The van der Waals surface area contributed by atoms with Gasteiger partial charge in [-0.25, -0.2) is 9.37 Å². The smallest absolute Gasteiger partial charge is 0.226 e. The first-order chi connectivity index (χ1) is 11.2. The van der Waals surface area contributed by atoms with Gasteiger partial charge in [0.25, 0.3) is 0 Å². The first-order valence-electron chi connectivity index (χ1n) is 7.24. The summed E-state index contributed by atoms with van der Waals surface area (Å²) in [7, 11) is 0. The van der Waals surface area contributed by atoms with Gasteiger partial charge in [0, 0.05) is 12.5 Å². The highest BCUT2D eigenvalue weighted by Gasteiger charge is 2.07. The molecule has 1 aromatic heterocycles. The van der Waals surface area contributed by atoms with Gasteiger partial charge in [0.2, 0.25) is 5.91 Å². The minimum atomic E-state index is -0.337. The molecule has 3 aromatic rings. The maximum Gasteiger partial charge on any atom is 0.226 e. The molecule has 23 heavy (non-hydrogen) atoms. The highest BCUT2D eigenvalue weighted by molar-refractivity contribution is 7.22. The molecule has 0 aliphatic heterocycles. The predicted molar refractivity (Wildman–Crippen MR) is 89.4 cm³/mol. The van der Waals surface area contributed by atoms with Gasteiger partial charge in [0.15, 0.2) is 5.13 Å². The molecule has 0 unspecified atom stereocenters. The number of hydrogen-bond donors (Lipinski definition) is 1. The molecule has 0 aliphatic rings. The fourth-order valence-electron chi connectivity index (χ4n) is 2.09. The lowest BCUT2D eigenvalue weighted by Gasteiger charge is -2.06. The second-order valence-electron chi connectivity index (χ2n) is 4.94. The van der Waals surface area contributed by atoms with Gasteiger partial charge in [-0.15, -0.1) is 0 Å². The molecule has 2 aromatic carbocycles. The van der Waals surface area contributed by atoms with Crippen molar-refractivity contribution >= 4 is 32.6 Å². The predicted octanol–water partition coefficient (Wildman–Crippen LogP) is 4.23. The molecule has 0 radical (unpaired) electrons. The average molecular weight is 330 g/mol. The minimum absolute atomic E-state index is 0.105. The van der Waals surface area contributed by atoms with Gasteiger partial charge >= 0.3 is 0 Å². The number of hydrogen-bond acceptors (Lipinski definition) is 4. The summed E-state index contributed by atoms with van der Waals surface area (Å²) in [5, 5.41) is 3.39. The molecule has 1 amide bonds. The van der Waals surface area contributed by atoms with Crippen LogP contribution in [0.5, 0.6) is 5.75 Å². The third kappa shape index (κ3) is 4.26. The summed E-state index contributed by atoms with van der Waals surface area (Å²) in [6.45, 7) is 0.358. The van der Waals surface area contributed by atoms with Crippen molar-refractivity contribution in [3.63, 3.8) is 0 Å². The van der Waals surface area contributed by atoms with Crippen LogP contribution in [0.25, 0.3) is 10.2 Å². The van der Waals surface area contributed by atoms with Crippen LogP contribution in [-0.4, -0.2) is 17.5 Å². The Balaban J connectivity index is 1.44. The average Bonchev–Trinajstić information content (AvgIpc) is 2.94. The molecule has 0 spiro atoms. The van der Waals surface area contributed by atoms with Crippen molar-refractivity contribution in [1.29, 1.82) is 0 Å². The van der Waals surface area contributed by atoms with Gasteiger partial charge in [0.1, 0.15) is 11.6 Å². The maximum atomic E-state index is 13.0.